The highest BCUT2D eigenvalue weighted by Gasteiger charge is 2.39. The first-order chi connectivity index (χ1) is 12.3. The van der Waals surface area contributed by atoms with Gasteiger partial charge in [0.05, 0.1) is 0 Å². The van der Waals surface area contributed by atoms with Gasteiger partial charge < -0.3 is 4.74 Å². The number of ether oxygens (including phenoxy) is 1. The number of ketones is 1. The first-order valence-electron chi connectivity index (χ1n) is 9.37. The van der Waals surface area contributed by atoms with E-state index >= 15 is 0 Å². The van der Waals surface area contributed by atoms with E-state index in [0.717, 1.165) is 48.8 Å². The lowest BCUT2D eigenvalue weighted by Gasteiger charge is -2.28. The standard InChI is InChI=1S/C21H30O5/c1-13-11-14(2)18(15(3)12-13)20(22)19(17-9-7-6-8-10-17)21(23)26-25-16(4)24-5/h11-12,16-17,19H,6-10H2,1-5H3. The number of hydrogen-bond acceptors (Lipinski definition) is 5. The van der Waals surface area contributed by atoms with Gasteiger partial charge in [-0.2, -0.15) is 4.89 Å². The van der Waals surface area contributed by atoms with Crippen LogP contribution >= 0.6 is 0 Å². The van der Waals surface area contributed by atoms with Crippen molar-refractivity contribution < 1.29 is 24.1 Å². The Labute approximate surface area is 155 Å². The van der Waals surface area contributed by atoms with Crippen LogP contribution in [0.2, 0.25) is 0 Å². The van der Waals surface area contributed by atoms with E-state index in [0.29, 0.717) is 5.56 Å². The summed E-state index contributed by atoms with van der Waals surface area (Å²) >= 11 is 0. The first-order valence-corrected chi connectivity index (χ1v) is 9.37. The molecule has 0 radical (unpaired) electrons. The van der Waals surface area contributed by atoms with Crippen LogP contribution in [0.1, 0.15) is 66.1 Å². The zero-order valence-electron chi connectivity index (χ0n) is 16.5. The fraction of sp³-hybridized carbons (Fsp3) is 0.619. The molecule has 0 N–H and O–H groups in total. The van der Waals surface area contributed by atoms with Crippen LogP contribution in [0.3, 0.4) is 0 Å². The van der Waals surface area contributed by atoms with Crippen molar-refractivity contribution in [3.8, 4) is 0 Å². The lowest BCUT2D eigenvalue weighted by Crippen LogP contribution is -2.35. The molecule has 1 aromatic rings. The molecule has 0 bridgehead atoms. The van der Waals surface area contributed by atoms with Gasteiger partial charge in [-0.1, -0.05) is 37.0 Å². The molecule has 5 nitrogen and oxygen atoms in total. The molecule has 5 heteroatoms. The molecule has 0 amide bonds. The largest absolute Gasteiger partial charge is 0.353 e. The first kappa shape index (κ1) is 20.6. The fourth-order valence-corrected chi connectivity index (χ4v) is 3.91. The molecule has 2 atom stereocenters. The summed E-state index contributed by atoms with van der Waals surface area (Å²) in [6.45, 7) is 7.46. The summed E-state index contributed by atoms with van der Waals surface area (Å²) in [6, 6.07) is 3.96. The van der Waals surface area contributed by atoms with Gasteiger partial charge in [0, 0.05) is 12.7 Å². The van der Waals surface area contributed by atoms with Gasteiger partial charge in [-0.3, -0.25) is 9.68 Å². The quantitative estimate of drug-likeness (QED) is 0.236. The third kappa shape index (κ3) is 4.92. The highest BCUT2D eigenvalue weighted by molar-refractivity contribution is 6.10. The third-order valence-corrected chi connectivity index (χ3v) is 5.18. The lowest BCUT2D eigenvalue weighted by molar-refractivity contribution is -0.344. The van der Waals surface area contributed by atoms with Crippen LogP contribution in [0, 0.1) is 32.6 Å². The topological polar surface area (TPSA) is 61.8 Å². The number of carbonyl (C=O) groups excluding carboxylic acids is 2. The second kappa shape index (κ2) is 9.28. The predicted molar refractivity (Wildman–Crippen MR) is 98.7 cm³/mol. The summed E-state index contributed by atoms with van der Waals surface area (Å²) in [4.78, 5) is 36.0. The minimum Gasteiger partial charge on any atom is -0.352 e. The van der Waals surface area contributed by atoms with E-state index in [9.17, 15) is 9.59 Å². The molecule has 1 aliphatic rings. The molecule has 0 aromatic heterocycles. The van der Waals surface area contributed by atoms with Crippen LogP contribution in [0.5, 0.6) is 0 Å². The van der Waals surface area contributed by atoms with Crippen molar-refractivity contribution in [2.75, 3.05) is 7.11 Å². The summed E-state index contributed by atoms with van der Waals surface area (Å²) in [5, 5.41) is 0. The Bertz CT molecular complexity index is 623. The van der Waals surface area contributed by atoms with Crippen molar-refractivity contribution in [2.24, 2.45) is 11.8 Å². The molecule has 0 aliphatic heterocycles. The molecule has 2 rings (SSSR count). The second-order valence-electron chi connectivity index (χ2n) is 7.32. The number of methoxy groups -OCH3 is 1. The molecule has 0 spiro atoms. The van der Waals surface area contributed by atoms with Gasteiger partial charge in [0.2, 0.25) is 0 Å². The van der Waals surface area contributed by atoms with Crippen LogP contribution in [0.15, 0.2) is 12.1 Å². The van der Waals surface area contributed by atoms with Gasteiger partial charge in [-0.15, -0.1) is 0 Å². The van der Waals surface area contributed by atoms with E-state index in [1.807, 2.05) is 32.9 Å². The molecule has 0 heterocycles. The van der Waals surface area contributed by atoms with E-state index in [1.54, 1.807) is 6.92 Å². The van der Waals surface area contributed by atoms with Gasteiger partial charge in [0.15, 0.2) is 12.1 Å². The Morgan fingerprint density at radius 1 is 1.04 bits per heavy atom. The summed E-state index contributed by atoms with van der Waals surface area (Å²) in [5.41, 5.74) is 3.52. The minimum absolute atomic E-state index is 0.00898. The maximum absolute atomic E-state index is 13.4. The average Bonchev–Trinajstić information content (AvgIpc) is 2.59. The van der Waals surface area contributed by atoms with Crippen LogP contribution in [0.25, 0.3) is 0 Å². The summed E-state index contributed by atoms with van der Waals surface area (Å²) in [5.74, 6) is -1.62. The van der Waals surface area contributed by atoms with Crippen LogP contribution in [-0.4, -0.2) is 25.2 Å². The van der Waals surface area contributed by atoms with Crippen LogP contribution in [-0.2, 0) is 19.3 Å². The van der Waals surface area contributed by atoms with Gasteiger partial charge in [-0.25, -0.2) is 4.79 Å². The van der Waals surface area contributed by atoms with Gasteiger partial charge in [-0.05, 0) is 57.6 Å². The van der Waals surface area contributed by atoms with E-state index in [2.05, 4.69) is 0 Å². The van der Waals surface area contributed by atoms with Crippen molar-refractivity contribution in [3.63, 3.8) is 0 Å². The van der Waals surface area contributed by atoms with E-state index in [4.69, 9.17) is 14.5 Å². The lowest BCUT2D eigenvalue weighted by atomic mass is 9.75. The van der Waals surface area contributed by atoms with Crippen LogP contribution in [0.4, 0.5) is 0 Å². The number of benzene rings is 1. The number of aryl methyl sites for hydroxylation is 3. The normalized spacial score (nSPS) is 17.6. The summed E-state index contributed by atoms with van der Waals surface area (Å²) < 4.78 is 4.94. The van der Waals surface area contributed by atoms with Crippen molar-refractivity contribution in [1.82, 2.24) is 0 Å². The molecule has 1 saturated carbocycles. The fourth-order valence-electron chi connectivity index (χ4n) is 3.91. The minimum atomic E-state index is -0.834. The molecule has 1 aromatic carbocycles. The number of Topliss-reactive ketones (excluding diaryl/α,β-unsaturated/α-hetero) is 1. The highest BCUT2D eigenvalue weighted by Crippen LogP contribution is 2.34. The Kier molecular flexibility index (Phi) is 7.35. The zero-order valence-corrected chi connectivity index (χ0v) is 16.5. The maximum Gasteiger partial charge on any atom is 0.353 e. The van der Waals surface area contributed by atoms with E-state index in [-0.39, 0.29) is 11.7 Å². The Morgan fingerprint density at radius 2 is 1.62 bits per heavy atom. The second-order valence-corrected chi connectivity index (χ2v) is 7.32. The smallest absolute Gasteiger partial charge is 0.352 e. The average molecular weight is 362 g/mol. The number of carbonyl (C=O) groups is 2. The molecule has 26 heavy (non-hydrogen) atoms. The van der Waals surface area contributed by atoms with Crippen molar-refractivity contribution in [3.05, 3.63) is 34.4 Å². The third-order valence-electron chi connectivity index (χ3n) is 5.18. The SMILES string of the molecule is COC(C)OOC(=O)C(C(=O)c1c(C)cc(C)cc1C)C1CCCCC1. The Balaban J connectivity index is 2.30. The molecule has 1 fully saturated rings. The van der Waals surface area contributed by atoms with Crippen molar-refractivity contribution in [2.45, 2.75) is 66.1 Å². The summed E-state index contributed by atoms with van der Waals surface area (Å²) in [7, 11) is 1.46. The zero-order chi connectivity index (χ0) is 19.3. The Morgan fingerprint density at radius 3 is 2.15 bits per heavy atom. The molecule has 1 aliphatic carbocycles. The van der Waals surface area contributed by atoms with E-state index in [1.165, 1.54) is 7.11 Å². The molecule has 144 valence electrons. The van der Waals surface area contributed by atoms with Crippen molar-refractivity contribution in [1.29, 1.82) is 0 Å². The number of hydrogen-bond donors (Lipinski definition) is 0. The number of rotatable bonds is 7. The van der Waals surface area contributed by atoms with Crippen molar-refractivity contribution >= 4 is 11.8 Å². The van der Waals surface area contributed by atoms with Gasteiger partial charge in [0.1, 0.15) is 5.92 Å². The van der Waals surface area contributed by atoms with Crippen LogP contribution < -0.4 is 0 Å². The maximum atomic E-state index is 13.4. The molecule has 2 unspecified atom stereocenters. The van der Waals surface area contributed by atoms with E-state index < -0.39 is 18.2 Å². The summed E-state index contributed by atoms with van der Waals surface area (Å²) in [6.07, 6.45) is 4.24. The highest BCUT2D eigenvalue weighted by atomic mass is 17.2. The Hall–Kier alpha value is -1.72. The van der Waals surface area contributed by atoms with Gasteiger partial charge >= 0.3 is 5.97 Å². The molecular weight excluding hydrogens is 332 g/mol. The van der Waals surface area contributed by atoms with Gasteiger partial charge in [0.25, 0.3) is 0 Å². The molecule has 0 saturated heterocycles. The molecular formula is C21H30O5. The predicted octanol–water partition coefficient (Wildman–Crippen LogP) is 4.46. The monoisotopic (exact) mass is 362 g/mol.